The van der Waals surface area contributed by atoms with Crippen LogP contribution < -0.4 is 4.74 Å². The van der Waals surface area contributed by atoms with Gasteiger partial charge in [-0.2, -0.15) is 0 Å². The Kier molecular flexibility index (Phi) is 3.71. The Morgan fingerprint density at radius 2 is 2.12 bits per heavy atom. The molecule has 2 nitrogen and oxygen atoms in total. The zero-order valence-electron chi connectivity index (χ0n) is 8.61. The van der Waals surface area contributed by atoms with Crippen molar-refractivity contribution in [3.8, 4) is 5.75 Å². The van der Waals surface area contributed by atoms with E-state index in [4.69, 9.17) is 9.15 Å². The molecule has 0 bridgehead atoms. The molecule has 1 aromatic heterocycles. The van der Waals surface area contributed by atoms with Crippen molar-refractivity contribution in [3.63, 3.8) is 0 Å². The highest BCUT2D eigenvalue weighted by molar-refractivity contribution is 9.10. The SMILES string of the molecule is COc1ccc(Br)cc1C(Br)c1ccco1. The van der Waals surface area contributed by atoms with E-state index in [9.17, 15) is 0 Å². The van der Waals surface area contributed by atoms with E-state index in [2.05, 4.69) is 31.9 Å². The summed E-state index contributed by atoms with van der Waals surface area (Å²) in [6.07, 6.45) is 1.66. The molecule has 1 heterocycles. The van der Waals surface area contributed by atoms with Crippen LogP contribution in [0.3, 0.4) is 0 Å². The van der Waals surface area contributed by atoms with E-state index < -0.39 is 0 Å². The number of furan rings is 1. The minimum Gasteiger partial charge on any atom is -0.496 e. The van der Waals surface area contributed by atoms with Crippen LogP contribution in [0.15, 0.2) is 45.5 Å². The molecule has 0 amide bonds. The molecule has 0 spiro atoms. The van der Waals surface area contributed by atoms with E-state index in [0.717, 1.165) is 21.5 Å². The quantitative estimate of drug-likeness (QED) is 0.762. The van der Waals surface area contributed by atoms with Gasteiger partial charge in [0, 0.05) is 10.0 Å². The van der Waals surface area contributed by atoms with Crippen LogP contribution >= 0.6 is 31.9 Å². The van der Waals surface area contributed by atoms with Crippen LogP contribution in [0.5, 0.6) is 5.75 Å². The maximum Gasteiger partial charge on any atom is 0.123 e. The fourth-order valence-electron chi connectivity index (χ4n) is 1.49. The van der Waals surface area contributed by atoms with Gasteiger partial charge in [0.1, 0.15) is 16.3 Å². The summed E-state index contributed by atoms with van der Waals surface area (Å²) in [4.78, 5) is -0.00468. The van der Waals surface area contributed by atoms with Gasteiger partial charge < -0.3 is 9.15 Å². The number of hydrogen-bond donors (Lipinski definition) is 0. The number of hydrogen-bond acceptors (Lipinski definition) is 2. The standard InChI is InChI=1S/C12H10Br2O2/c1-15-10-5-4-8(13)7-9(10)12(14)11-3-2-6-16-11/h2-7,12H,1H3. The monoisotopic (exact) mass is 344 g/mol. The third-order valence-corrected chi connectivity index (χ3v) is 3.70. The van der Waals surface area contributed by atoms with Crippen LogP contribution in [0.2, 0.25) is 0 Å². The van der Waals surface area contributed by atoms with Gasteiger partial charge in [0.25, 0.3) is 0 Å². The van der Waals surface area contributed by atoms with Crippen molar-refractivity contribution in [2.24, 2.45) is 0 Å². The van der Waals surface area contributed by atoms with Crippen LogP contribution in [0.1, 0.15) is 16.2 Å². The molecule has 0 fully saturated rings. The minimum absolute atomic E-state index is 0.00468. The minimum atomic E-state index is -0.00468. The van der Waals surface area contributed by atoms with Gasteiger partial charge in [-0.15, -0.1) is 0 Å². The molecule has 84 valence electrons. The average molecular weight is 346 g/mol. The summed E-state index contributed by atoms with van der Waals surface area (Å²) in [6, 6.07) is 9.69. The van der Waals surface area contributed by atoms with E-state index in [-0.39, 0.29) is 4.83 Å². The third kappa shape index (κ3) is 2.33. The summed E-state index contributed by atoms with van der Waals surface area (Å²) in [5, 5.41) is 0. The molecule has 1 atom stereocenters. The van der Waals surface area contributed by atoms with Crippen LogP contribution in [0.25, 0.3) is 0 Å². The van der Waals surface area contributed by atoms with Gasteiger partial charge >= 0.3 is 0 Å². The van der Waals surface area contributed by atoms with E-state index in [1.807, 2.05) is 30.3 Å². The first-order valence-electron chi connectivity index (χ1n) is 4.73. The average Bonchev–Trinajstić information content (AvgIpc) is 2.81. The molecule has 0 aliphatic carbocycles. The van der Waals surface area contributed by atoms with Gasteiger partial charge in [-0.25, -0.2) is 0 Å². The second kappa shape index (κ2) is 5.06. The molecule has 0 aliphatic rings. The van der Waals surface area contributed by atoms with Crippen molar-refractivity contribution in [3.05, 3.63) is 52.4 Å². The Morgan fingerprint density at radius 3 is 2.75 bits per heavy atom. The van der Waals surface area contributed by atoms with E-state index in [0.29, 0.717) is 0 Å². The molecule has 0 N–H and O–H groups in total. The first-order valence-corrected chi connectivity index (χ1v) is 6.44. The fourth-order valence-corrected chi connectivity index (χ4v) is 2.49. The molecule has 4 heteroatoms. The number of ether oxygens (including phenoxy) is 1. The van der Waals surface area contributed by atoms with Crippen molar-refractivity contribution in [2.45, 2.75) is 4.83 Å². The van der Waals surface area contributed by atoms with E-state index >= 15 is 0 Å². The molecule has 16 heavy (non-hydrogen) atoms. The first kappa shape index (κ1) is 11.7. The van der Waals surface area contributed by atoms with Crippen LogP contribution in [-0.2, 0) is 0 Å². The Bertz CT molecular complexity index is 466. The molecule has 0 saturated carbocycles. The van der Waals surface area contributed by atoms with Gasteiger partial charge in [0.15, 0.2) is 0 Å². The summed E-state index contributed by atoms with van der Waals surface area (Å²) in [5.74, 6) is 1.69. The molecule has 1 aromatic carbocycles. The van der Waals surface area contributed by atoms with Gasteiger partial charge in [0.05, 0.1) is 13.4 Å². The van der Waals surface area contributed by atoms with Crippen LogP contribution in [-0.4, -0.2) is 7.11 Å². The van der Waals surface area contributed by atoms with Crippen molar-refractivity contribution in [2.75, 3.05) is 7.11 Å². The highest BCUT2D eigenvalue weighted by Gasteiger charge is 2.17. The largest absolute Gasteiger partial charge is 0.496 e. The number of benzene rings is 1. The molecule has 2 aromatic rings. The Morgan fingerprint density at radius 1 is 1.31 bits per heavy atom. The predicted octanol–water partition coefficient (Wildman–Crippen LogP) is 4.54. The number of methoxy groups -OCH3 is 1. The zero-order valence-corrected chi connectivity index (χ0v) is 11.8. The topological polar surface area (TPSA) is 22.4 Å². The summed E-state index contributed by atoms with van der Waals surface area (Å²) in [7, 11) is 1.66. The lowest BCUT2D eigenvalue weighted by atomic mass is 10.1. The normalized spacial score (nSPS) is 12.4. The lowest BCUT2D eigenvalue weighted by Gasteiger charge is -2.12. The Balaban J connectivity index is 2.42. The van der Waals surface area contributed by atoms with E-state index in [1.54, 1.807) is 13.4 Å². The zero-order chi connectivity index (χ0) is 11.5. The smallest absolute Gasteiger partial charge is 0.123 e. The summed E-state index contributed by atoms with van der Waals surface area (Å²) in [5.41, 5.74) is 1.03. The molecular formula is C12H10Br2O2. The lowest BCUT2D eigenvalue weighted by molar-refractivity contribution is 0.408. The number of alkyl halides is 1. The first-order chi connectivity index (χ1) is 7.72. The van der Waals surface area contributed by atoms with Crippen molar-refractivity contribution in [1.82, 2.24) is 0 Å². The van der Waals surface area contributed by atoms with Gasteiger partial charge in [-0.05, 0) is 30.3 Å². The predicted molar refractivity (Wildman–Crippen MR) is 70.2 cm³/mol. The highest BCUT2D eigenvalue weighted by Crippen LogP contribution is 2.38. The molecule has 0 radical (unpaired) electrons. The molecule has 0 aliphatic heterocycles. The second-order valence-corrected chi connectivity index (χ2v) is 5.10. The summed E-state index contributed by atoms with van der Waals surface area (Å²) < 4.78 is 11.7. The van der Waals surface area contributed by atoms with Crippen LogP contribution in [0.4, 0.5) is 0 Å². The molecule has 1 unspecified atom stereocenters. The third-order valence-electron chi connectivity index (χ3n) is 2.26. The summed E-state index contributed by atoms with van der Waals surface area (Å²) in [6.45, 7) is 0. The van der Waals surface area contributed by atoms with Crippen molar-refractivity contribution < 1.29 is 9.15 Å². The number of rotatable bonds is 3. The van der Waals surface area contributed by atoms with Gasteiger partial charge in [-0.3, -0.25) is 0 Å². The van der Waals surface area contributed by atoms with Gasteiger partial charge in [-0.1, -0.05) is 31.9 Å². The summed E-state index contributed by atoms with van der Waals surface area (Å²) >= 11 is 7.05. The molecular weight excluding hydrogens is 336 g/mol. The second-order valence-electron chi connectivity index (χ2n) is 3.26. The lowest BCUT2D eigenvalue weighted by Crippen LogP contribution is -1.95. The van der Waals surface area contributed by atoms with E-state index in [1.165, 1.54) is 0 Å². The maximum atomic E-state index is 5.37. The van der Waals surface area contributed by atoms with Crippen molar-refractivity contribution in [1.29, 1.82) is 0 Å². The van der Waals surface area contributed by atoms with Gasteiger partial charge in [0.2, 0.25) is 0 Å². The molecule has 2 rings (SSSR count). The Labute approximate surface area is 111 Å². The van der Waals surface area contributed by atoms with Crippen molar-refractivity contribution >= 4 is 31.9 Å². The Hall–Kier alpha value is -0.740. The highest BCUT2D eigenvalue weighted by atomic mass is 79.9. The number of halogens is 2. The molecule has 0 saturated heterocycles. The van der Waals surface area contributed by atoms with Crippen LogP contribution in [0, 0.1) is 0 Å². The fraction of sp³-hybridized carbons (Fsp3) is 0.167. The maximum absolute atomic E-state index is 5.37.